The van der Waals surface area contributed by atoms with Gasteiger partial charge in [0.1, 0.15) is 0 Å². The van der Waals surface area contributed by atoms with Crippen LogP contribution in [-0.2, 0) is 4.79 Å². The molecular formula is C12H13NO. The second-order valence-corrected chi connectivity index (χ2v) is 3.53. The number of hydrogen-bond acceptors (Lipinski definition) is 1. The van der Waals surface area contributed by atoms with Crippen molar-refractivity contribution in [3.63, 3.8) is 0 Å². The van der Waals surface area contributed by atoms with Crippen molar-refractivity contribution in [3.05, 3.63) is 48.2 Å². The van der Waals surface area contributed by atoms with Crippen LogP contribution in [-0.4, -0.2) is 17.9 Å². The van der Waals surface area contributed by atoms with Crippen LogP contribution in [0.4, 0.5) is 0 Å². The fourth-order valence-electron chi connectivity index (χ4n) is 1.74. The highest BCUT2D eigenvalue weighted by molar-refractivity contribution is 5.85. The van der Waals surface area contributed by atoms with Crippen LogP contribution in [0.3, 0.4) is 0 Å². The Morgan fingerprint density at radius 2 is 2.00 bits per heavy atom. The zero-order valence-corrected chi connectivity index (χ0v) is 8.18. The third-order valence-electron chi connectivity index (χ3n) is 2.55. The molecule has 0 saturated heterocycles. The van der Waals surface area contributed by atoms with Crippen LogP contribution >= 0.6 is 0 Å². The molecule has 0 saturated carbocycles. The fourth-order valence-corrected chi connectivity index (χ4v) is 1.74. The highest BCUT2D eigenvalue weighted by atomic mass is 16.2. The monoisotopic (exact) mass is 187 g/mol. The Labute approximate surface area is 83.8 Å². The molecule has 0 fully saturated rings. The smallest absolute Gasteiger partial charge is 0.234 e. The zero-order chi connectivity index (χ0) is 9.97. The van der Waals surface area contributed by atoms with E-state index in [-0.39, 0.29) is 11.8 Å². The van der Waals surface area contributed by atoms with Crippen molar-refractivity contribution < 1.29 is 4.79 Å². The number of carbonyl (C=O) groups is 1. The molecule has 2 nitrogen and oxygen atoms in total. The topological polar surface area (TPSA) is 20.3 Å². The molecule has 1 unspecified atom stereocenters. The van der Waals surface area contributed by atoms with Crippen LogP contribution in [0.15, 0.2) is 42.6 Å². The average molecular weight is 187 g/mol. The lowest BCUT2D eigenvalue weighted by molar-refractivity contribution is -0.129. The average Bonchev–Trinajstić information content (AvgIpc) is 2.23. The molecule has 0 spiro atoms. The van der Waals surface area contributed by atoms with E-state index in [1.54, 1.807) is 11.9 Å². The summed E-state index contributed by atoms with van der Waals surface area (Å²) in [5, 5.41) is 0. The highest BCUT2D eigenvalue weighted by Crippen LogP contribution is 2.25. The standard InChI is InChI=1S/C12H13NO/c1-13-9-5-8-11(12(13)14)10-6-3-2-4-7-10/h2-7,9,11H,8H2,1H3. The Bertz CT molecular complexity index is 356. The van der Waals surface area contributed by atoms with Crippen LogP contribution in [0.25, 0.3) is 0 Å². The summed E-state index contributed by atoms with van der Waals surface area (Å²) >= 11 is 0. The number of rotatable bonds is 1. The molecule has 0 N–H and O–H groups in total. The molecule has 2 rings (SSSR count). The summed E-state index contributed by atoms with van der Waals surface area (Å²) in [6, 6.07) is 9.93. The largest absolute Gasteiger partial charge is 0.322 e. The summed E-state index contributed by atoms with van der Waals surface area (Å²) in [5.41, 5.74) is 1.11. The van der Waals surface area contributed by atoms with Gasteiger partial charge in [-0.15, -0.1) is 0 Å². The number of amides is 1. The van der Waals surface area contributed by atoms with E-state index >= 15 is 0 Å². The lowest BCUT2D eigenvalue weighted by Gasteiger charge is -2.24. The number of likely N-dealkylation sites (N-methyl/N-ethyl adjacent to an activating group) is 1. The molecule has 0 aliphatic carbocycles. The molecule has 1 aromatic carbocycles. The first kappa shape index (κ1) is 9.00. The van der Waals surface area contributed by atoms with Gasteiger partial charge in [0.2, 0.25) is 5.91 Å². The van der Waals surface area contributed by atoms with Gasteiger partial charge in [-0.2, -0.15) is 0 Å². The van der Waals surface area contributed by atoms with E-state index in [0.717, 1.165) is 12.0 Å². The lowest BCUT2D eigenvalue weighted by Crippen LogP contribution is -2.30. The Morgan fingerprint density at radius 3 is 2.71 bits per heavy atom. The molecule has 72 valence electrons. The van der Waals surface area contributed by atoms with Crippen molar-refractivity contribution in [3.8, 4) is 0 Å². The van der Waals surface area contributed by atoms with Gasteiger partial charge in [-0.25, -0.2) is 0 Å². The molecule has 1 aliphatic rings. The van der Waals surface area contributed by atoms with Crippen LogP contribution in [0, 0.1) is 0 Å². The number of nitrogens with zero attached hydrogens (tertiary/aromatic N) is 1. The molecule has 0 aromatic heterocycles. The number of benzene rings is 1. The highest BCUT2D eigenvalue weighted by Gasteiger charge is 2.24. The Kier molecular flexibility index (Phi) is 2.35. The van der Waals surface area contributed by atoms with Crippen molar-refractivity contribution in [2.75, 3.05) is 7.05 Å². The van der Waals surface area contributed by atoms with Crippen molar-refractivity contribution in [2.45, 2.75) is 12.3 Å². The van der Waals surface area contributed by atoms with Gasteiger partial charge in [0, 0.05) is 13.2 Å². The van der Waals surface area contributed by atoms with Gasteiger partial charge in [-0.3, -0.25) is 4.79 Å². The van der Waals surface area contributed by atoms with Crippen molar-refractivity contribution in [2.24, 2.45) is 0 Å². The van der Waals surface area contributed by atoms with Crippen LogP contribution in [0.2, 0.25) is 0 Å². The van der Waals surface area contributed by atoms with Gasteiger partial charge in [-0.1, -0.05) is 36.4 Å². The fraction of sp³-hybridized carbons (Fsp3) is 0.250. The maximum Gasteiger partial charge on any atom is 0.234 e. The maximum absolute atomic E-state index is 11.8. The molecule has 0 radical (unpaired) electrons. The van der Waals surface area contributed by atoms with Gasteiger partial charge in [-0.05, 0) is 12.0 Å². The minimum atomic E-state index is 0.00574. The molecule has 1 aliphatic heterocycles. The van der Waals surface area contributed by atoms with E-state index in [9.17, 15) is 4.79 Å². The summed E-state index contributed by atoms with van der Waals surface area (Å²) in [7, 11) is 1.80. The molecule has 1 aromatic rings. The summed E-state index contributed by atoms with van der Waals surface area (Å²) in [6.07, 6.45) is 4.69. The predicted octanol–water partition coefficient (Wildman–Crippen LogP) is 2.15. The summed E-state index contributed by atoms with van der Waals surface area (Å²) in [5.74, 6) is 0.185. The Balaban J connectivity index is 2.28. The molecule has 1 heterocycles. The molecule has 2 heteroatoms. The third-order valence-corrected chi connectivity index (χ3v) is 2.55. The molecule has 1 atom stereocenters. The van der Waals surface area contributed by atoms with Gasteiger partial charge in [0.05, 0.1) is 5.92 Å². The second kappa shape index (κ2) is 3.66. The van der Waals surface area contributed by atoms with Crippen LogP contribution in [0.5, 0.6) is 0 Å². The van der Waals surface area contributed by atoms with E-state index in [0.29, 0.717) is 0 Å². The zero-order valence-electron chi connectivity index (χ0n) is 8.18. The van der Waals surface area contributed by atoms with Crippen LogP contribution in [0.1, 0.15) is 17.9 Å². The maximum atomic E-state index is 11.8. The minimum absolute atomic E-state index is 0.00574. The normalized spacial score (nSPS) is 21.4. The van der Waals surface area contributed by atoms with E-state index in [2.05, 4.69) is 0 Å². The summed E-state index contributed by atoms with van der Waals surface area (Å²) in [4.78, 5) is 13.5. The second-order valence-electron chi connectivity index (χ2n) is 3.53. The molecular weight excluding hydrogens is 174 g/mol. The van der Waals surface area contributed by atoms with E-state index in [4.69, 9.17) is 0 Å². The number of carbonyl (C=O) groups excluding carboxylic acids is 1. The van der Waals surface area contributed by atoms with Gasteiger partial charge < -0.3 is 4.90 Å². The summed E-state index contributed by atoms with van der Waals surface area (Å²) in [6.45, 7) is 0. The molecule has 0 bridgehead atoms. The Hall–Kier alpha value is -1.57. The number of hydrogen-bond donors (Lipinski definition) is 0. The van der Waals surface area contributed by atoms with E-state index in [1.807, 2.05) is 42.6 Å². The van der Waals surface area contributed by atoms with E-state index < -0.39 is 0 Å². The first-order valence-electron chi connectivity index (χ1n) is 4.77. The first-order chi connectivity index (χ1) is 6.79. The Morgan fingerprint density at radius 1 is 1.29 bits per heavy atom. The summed E-state index contributed by atoms with van der Waals surface area (Å²) < 4.78 is 0. The predicted molar refractivity (Wildman–Crippen MR) is 55.7 cm³/mol. The number of allylic oxidation sites excluding steroid dienone is 1. The van der Waals surface area contributed by atoms with Crippen molar-refractivity contribution in [1.82, 2.24) is 4.90 Å². The van der Waals surface area contributed by atoms with Crippen molar-refractivity contribution in [1.29, 1.82) is 0 Å². The third kappa shape index (κ3) is 1.55. The molecule has 1 amide bonds. The quantitative estimate of drug-likeness (QED) is 0.659. The first-order valence-corrected chi connectivity index (χ1v) is 4.77. The van der Waals surface area contributed by atoms with Gasteiger partial charge in [0.25, 0.3) is 0 Å². The van der Waals surface area contributed by atoms with Gasteiger partial charge >= 0.3 is 0 Å². The lowest BCUT2D eigenvalue weighted by atomic mass is 9.93. The van der Waals surface area contributed by atoms with Gasteiger partial charge in [0.15, 0.2) is 0 Å². The minimum Gasteiger partial charge on any atom is -0.322 e. The molecule has 14 heavy (non-hydrogen) atoms. The SMILES string of the molecule is CN1C=CCC(c2ccccc2)C1=O. The van der Waals surface area contributed by atoms with Crippen molar-refractivity contribution >= 4 is 5.91 Å². The van der Waals surface area contributed by atoms with Crippen LogP contribution < -0.4 is 0 Å². The van der Waals surface area contributed by atoms with E-state index in [1.165, 1.54) is 0 Å².